The maximum atomic E-state index is 13.9. The molecule has 138 valence electrons. The van der Waals surface area contributed by atoms with Crippen LogP contribution in [0.5, 0.6) is 0 Å². The highest BCUT2D eigenvalue weighted by Crippen LogP contribution is 2.16. The largest absolute Gasteiger partial charge is 0.460 e. The van der Waals surface area contributed by atoms with Crippen LogP contribution in [0.25, 0.3) is 5.69 Å². The number of esters is 1. The number of benzene rings is 2. The van der Waals surface area contributed by atoms with Crippen molar-refractivity contribution in [3.05, 3.63) is 83.4 Å². The van der Waals surface area contributed by atoms with Gasteiger partial charge in [-0.25, -0.2) is 9.07 Å². The number of amides is 1. The van der Waals surface area contributed by atoms with E-state index >= 15 is 0 Å². The van der Waals surface area contributed by atoms with Gasteiger partial charge < -0.3 is 10.1 Å². The molecular formula is C20H18FN3O3. The van der Waals surface area contributed by atoms with Crippen LogP contribution in [0.3, 0.4) is 0 Å². The molecule has 0 unspecified atom stereocenters. The van der Waals surface area contributed by atoms with E-state index in [9.17, 15) is 14.0 Å². The molecule has 3 aromatic rings. The number of carbonyl (C=O) groups excluding carboxylic acids is 2. The fourth-order valence-electron chi connectivity index (χ4n) is 2.54. The van der Waals surface area contributed by atoms with Crippen molar-refractivity contribution < 1.29 is 18.7 Å². The number of carbonyl (C=O) groups is 2. The molecule has 7 heteroatoms. The molecule has 1 heterocycles. The van der Waals surface area contributed by atoms with Crippen molar-refractivity contribution in [3.63, 3.8) is 0 Å². The molecule has 0 bridgehead atoms. The van der Waals surface area contributed by atoms with Gasteiger partial charge in [-0.2, -0.15) is 5.10 Å². The zero-order valence-corrected chi connectivity index (χ0v) is 14.7. The number of nitrogens with zero attached hydrogens (tertiary/aromatic N) is 2. The minimum absolute atomic E-state index is 0.139. The fraction of sp³-hybridized carbons (Fsp3) is 0.150. The molecular weight excluding hydrogens is 349 g/mol. The summed E-state index contributed by atoms with van der Waals surface area (Å²) in [6, 6.07) is 15.4. The third kappa shape index (κ3) is 4.38. The number of aromatic nitrogens is 2. The van der Waals surface area contributed by atoms with Gasteiger partial charge in [0.1, 0.15) is 24.7 Å². The lowest BCUT2D eigenvalue weighted by molar-refractivity contribution is -0.143. The van der Waals surface area contributed by atoms with Crippen molar-refractivity contribution in [3.8, 4) is 5.69 Å². The third-order valence-electron chi connectivity index (χ3n) is 3.97. The Morgan fingerprint density at radius 2 is 1.81 bits per heavy atom. The smallest absolute Gasteiger partial charge is 0.325 e. The molecule has 0 radical (unpaired) electrons. The minimum atomic E-state index is -0.550. The SMILES string of the molecule is Cc1c(C(=O)NCC(=O)OCc2ccccc2)cnn1-c1ccccc1F. The van der Waals surface area contributed by atoms with Gasteiger partial charge in [0, 0.05) is 0 Å². The summed E-state index contributed by atoms with van der Waals surface area (Å²) in [7, 11) is 0. The van der Waals surface area contributed by atoms with E-state index in [2.05, 4.69) is 10.4 Å². The van der Waals surface area contributed by atoms with Crippen LogP contribution in [0.4, 0.5) is 4.39 Å². The predicted octanol–water partition coefficient (Wildman–Crippen LogP) is 2.79. The van der Waals surface area contributed by atoms with Gasteiger partial charge >= 0.3 is 5.97 Å². The van der Waals surface area contributed by atoms with Crippen molar-refractivity contribution in [2.24, 2.45) is 0 Å². The van der Waals surface area contributed by atoms with Crippen molar-refractivity contribution >= 4 is 11.9 Å². The number of para-hydroxylation sites is 1. The monoisotopic (exact) mass is 367 g/mol. The molecule has 1 N–H and O–H groups in total. The van der Waals surface area contributed by atoms with E-state index in [0.717, 1.165) is 5.56 Å². The first-order valence-electron chi connectivity index (χ1n) is 8.33. The van der Waals surface area contributed by atoms with Crippen LogP contribution in [0.2, 0.25) is 0 Å². The van der Waals surface area contributed by atoms with Gasteiger partial charge in [0.2, 0.25) is 0 Å². The topological polar surface area (TPSA) is 73.2 Å². The van der Waals surface area contributed by atoms with Crippen molar-refractivity contribution in [2.45, 2.75) is 13.5 Å². The van der Waals surface area contributed by atoms with E-state index in [0.29, 0.717) is 5.69 Å². The van der Waals surface area contributed by atoms with Crippen molar-refractivity contribution in [1.82, 2.24) is 15.1 Å². The van der Waals surface area contributed by atoms with E-state index in [1.54, 1.807) is 25.1 Å². The summed E-state index contributed by atoms with van der Waals surface area (Å²) in [5, 5.41) is 6.57. The van der Waals surface area contributed by atoms with Crippen LogP contribution in [0, 0.1) is 12.7 Å². The van der Waals surface area contributed by atoms with Crippen LogP contribution in [-0.4, -0.2) is 28.2 Å². The standard InChI is InChI=1S/C20H18FN3O3/c1-14-16(11-23-24(14)18-10-6-5-9-17(18)21)20(26)22-12-19(25)27-13-15-7-3-2-4-8-15/h2-11H,12-13H2,1H3,(H,22,26). The molecule has 0 aliphatic rings. The zero-order chi connectivity index (χ0) is 19.2. The summed E-state index contributed by atoms with van der Waals surface area (Å²) < 4.78 is 20.4. The maximum Gasteiger partial charge on any atom is 0.325 e. The molecule has 0 atom stereocenters. The lowest BCUT2D eigenvalue weighted by Gasteiger charge is -2.08. The summed E-state index contributed by atoms with van der Waals surface area (Å²) >= 11 is 0. The molecule has 0 spiro atoms. The van der Waals surface area contributed by atoms with E-state index in [1.807, 2.05) is 30.3 Å². The molecule has 0 saturated carbocycles. The normalized spacial score (nSPS) is 10.4. The average molecular weight is 367 g/mol. The Kier molecular flexibility index (Phi) is 5.61. The van der Waals surface area contributed by atoms with Crippen LogP contribution in [0.15, 0.2) is 60.8 Å². The summed E-state index contributed by atoms with van der Waals surface area (Å²) in [5.41, 5.74) is 1.83. The number of halogens is 1. The first kappa shape index (κ1) is 18.3. The van der Waals surface area contributed by atoms with Gasteiger partial charge in [0.15, 0.2) is 0 Å². The zero-order valence-electron chi connectivity index (χ0n) is 14.7. The Morgan fingerprint density at radius 3 is 2.56 bits per heavy atom. The second-order valence-corrected chi connectivity index (χ2v) is 5.84. The van der Waals surface area contributed by atoms with Crippen LogP contribution in [-0.2, 0) is 16.1 Å². The van der Waals surface area contributed by atoms with Gasteiger partial charge in [0.05, 0.1) is 17.5 Å². The highest BCUT2D eigenvalue weighted by Gasteiger charge is 2.17. The van der Waals surface area contributed by atoms with E-state index in [1.165, 1.54) is 16.9 Å². The molecule has 27 heavy (non-hydrogen) atoms. The molecule has 1 amide bonds. The van der Waals surface area contributed by atoms with Crippen molar-refractivity contribution in [1.29, 1.82) is 0 Å². The Balaban J connectivity index is 1.59. The number of nitrogens with one attached hydrogen (secondary N) is 1. The minimum Gasteiger partial charge on any atom is -0.460 e. The third-order valence-corrected chi connectivity index (χ3v) is 3.97. The highest BCUT2D eigenvalue weighted by atomic mass is 19.1. The summed E-state index contributed by atoms with van der Waals surface area (Å²) in [6.07, 6.45) is 1.34. The Hall–Kier alpha value is -3.48. The van der Waals surface area contributed by atoms with Crippen LogP contribution in [0.1, 0.15) is 21.6 Å². The summed E-state index contributed by atoms with van der Waals surface area (Å²) in [6.45, 7) is 1.53. The van der Waals surface area contributed by atoms with Gasteiger partial charge in [0.25, 0.3) is 5.91 Å². The van der Waals surface area contributed by atoms with Crippen LogP contribution < -0.4 is 5.32 Å². The predicted molar refractivity (Wildman–Crippen MR) is 96.8 cm³/mol. The second kappa shape index (κ2) is 8.27. The first-order valence-corrected chi connectivity index (χ1v) is 8.33. The molecule has 6 nitrogen and oxygen atoms in total. The van der Waals surface area contributed by atoms with Crippen molar-refractivity contribution in [2.75, 3.05) is 6.54 Å². The highest BCUT2D eigenvalue weighted by molar-refractivity contribution is 5.96. The summed E-state index contributed by atoms with van der Waals surface area (Å²) in [4.78, 5) is 24.1. The lowest BCUT2D eigenvalue weighted by atomic mass is 10.2. The van der Waals surface area contributed by atoms with E-state index in [-0.39, 0.29) is 24.4 Å². The Morgan fingerprint density at radius 1 is 1.11 bits per heavy atom. The van der Waals surface area contributed by atoms with E-state index in [4.69, 9.17) is 4.74 Å². The molecule has 0 saturated heterocycles. The van der Waals surface area contributed by atoms with Gasteiger partial charge in [-0.3, -0.25) is 9.59 Å². The number of hydrogen-bond acceptors (Lipinski definition) is 4. The number of ether oxygens (including phenoxy) is 1. The quantitative estimate of drug-likeness (QED) is 0.680. The number of hydrogen-bond donors (Lipinski definition) is 1. The fourth-order valence-corrected chi connectivity index (χ4v) is 2.54. The first-order chi connectivity index (χ1) is 13.1. The Bertz CT molecular complexity index is 954. The maximum absolute atomic E-state index is 13.9. The lowest BCUT2D eigenvalue weighted by Crippen LogP contribution is -2.30. The average Bonchev–Trinajstić information content (AvgIpc) is 3.07. The molecule has 0 aliphatic heterocycles. The molecule has 2 aromatic carbocycles. The van der Waals surface area contributed by atoms with Gasteiger partial charge in [-0.15, -0.1) is 0 Å². The summed E-state index contributed by atoms with van der Waals surface area (Å²) in [5.74, 6) is -1.47. The van der Waals surface area contributed by atoms with Gasteiger partial charge in [-0.05, 0) is 24.6 Å². The van der Waals surface area contributed by atoms with Gasteiger partial charge in [-0.1, -0.05) is 42.5 Å². The molecule has 0 fully saturated rings. The van der Waals surface area contributed by atoms with Crippen LogP contribution >= 0.6 is 0 Å². The van der Waals surface area contributed by atoms with E-state index < -0.39 is 17.7 Å². The molecule has 1 aromatic heterocycles. The number of rotatable bonds is 6. The Labute approximate surface area is 155 Å². The molecule has 0 aliphatic carbocycles. The molecule has 3 rings (SSSR count). The second-order valence-electron chi connectivity index (χ2n) is 5.84.